The number of nitrogen functional groups attached to an aromatic ring is 1. The molecule has 0 amide bonds. The monoisotopic (exact) mass is 827 g/mol. The van der Waals surface area contributed by atoms with Crippen LogP contribution in [0.1, 0.15) is 69.7 Å². The largest absolute Gasteiger partial charge is 0.394 e. The van der Waals surface area contributed by atoms with Gasteiger partial charge in [0.2, 0.25) is 17.8 Å². The van der Waals surface area contributed by atoms with Gasteiger partial charge in [-0.3, -0.25) is 0 Å². The van der Waals surface area contributed by atoms with Crippen molar-refractivity contribution in [1.82, 2.24) is 44.9 Å². The smallest absolute Gasteiger partial charge is 0.225 e. The third kappa shape index (κ3) is 11.8. The van der Waals surface area contributed by atoms with E-state index in [1.165, 1.54) is 0 Å². The fraction of sp³-hybridized carbons (Fsp3) is 0.475. The lowest BCUT2D eigenvalue weighted by Gasteiger charge is -2.20. The van der Waals surface area contributed by atoms with E-state index in [0.717, 1.165) is 43.5 Å². The van der Waals surface area contributed by atoms with Crippen LogP contribution in [0.4, 0.5) is 35.3 Å². The molecule has 6 rings (SSSR count). The lowest BCUT2D eigenvalue weighted by Crippen LogP contribution is -2.26. The highest BCUT2D eigenvalue weighted by atomic mass is 35.5. The summed E-state index contributed by atoms with van der Waals surface area (Å²) >= 11 is 6.25. The number of nitrogens with zero attached hydrogens (tertiary/aromatic N) is 9. The molecule has 6 aromatic rings. The van der Waals surface area contributed by atoms with E-state index in [1.807, 2.05) is 38.1 Å². The van der Waals surface area contributed by atoms with Crippen molar-refractivity contribution in [2.24, 2.45) is 0 Å². The van der Waals surface area contributed by atoms with Crippen molar-refractivity contribution in [2.75, 3.05) is 65.2 Å². The number of anilines is 6. The van der Waals surface area contributed by atoms with E-state index in [-0.39, 0.29) is 43.9 Å². The molecule has 0 fully saturated rings. The zero-order valence-corrected chi connectivity index (χ0v) is 34.5. The molecule has 59 heavy (non-hydrogen) atoms. The topological polar surface area (TPSA) is 263 Å². The quantitative estimate of drug-likeness (QED) is 0.0374. The van der Waals surface area contributed by atoms with Gasteiger partial charge in [0.15, 0.2) is 17.5 Å². The Hall–Kier alpha value is -5.56. The van der Waals surface area contributed by atoms with Gasteiger partial charge in [-0.25, -0.2) is 29.9 Å². The molecule has 0 bridgehead atoms. The number of halogens is 1. The fourth-order valence-electron chi connectivity index (χ4n) is 6.62. The van der Waals surface area contributed by atoms with Crippen molar-refractivity contribution in [2.45, 2.75) is 90.3 Å². The Labute approximate surface area is 347 Å². The average molecular weight is 828 g/mol. The SMILES string of the molecule is CCCC[C@H](CO)Nc1nc(NCCC[C@H](CO)Nc2nc(NCCCC[C@H](CO)Nc3nc(N)nc4ccc(C)nc34)nc3ccc(C)nc23)nc2cc(Cl)cnc12. The van der Waals surface area contributed by atoms with Crippen LogP contribution < -0.4 is 32.3 Å². The number of aliphatic hydroxyl groups is 3. The van der Waals surface area contributed by atoms with Gasteiger partial charge in [-0.05, 0) is 82.7 Å². The van der Waals surface area contributed by atoms with Crippen LogP contribution in [0.15, 0.2) is 36.5 Å². The van der Waals surface area contributed by atoms with Gasteiger partial charge in [0.05, 0.1) is 59.5 Å². The number of aliphatic hydroxyl groups excluding tert-OH is 3. The summed E-state index contributed by atoms with van der Waals surface area (Å²) in [7, 11) is 0. The summed E-state index contributed by atoms with van der Waals surface area (Å²) in [5.41, 5.74) is 11.3. The van der Waals surface area contributed by atoms with E-state index >= 15 is 0 Å². The van der Waals surface area contributed by atoms with Crippen molar-refractivity contribution >= 4 is 80.0 Å². The summed E-state index contributed by atoms with van der Waals surface area (Å²) in [6.07, 6.45) is 7.87. The van der Waals surface area contributed by atoms with E-state index in [4.69, 9.17) is 37.3 Å². The van der Waals surface area contributed by atoms with Crippen molar-refractivity contribution in [3.05, 3.63) is 52.9 Å². The first-order valence-corrected chi connectivity index (χ1v) is 20.5. The standard InChI is InChI=1S/C40H54ClN15O3/c1-4-5-9-26(20-57)48-35-32-31(18-25(41)19-45-32)53-40(55-35)44-17-8-11-28(22-59)50-37-34-30(15-13-24(3)47-34)52-39(56-37)43-16-7-6-10-27(21-58)49-36-33-29(51-38(42)54-36)14-12-23(2)46-33/h12-15,18-19,26-28,57-59H,4-11,16-17,20-22H2,1-3H3,(H3,42,49,51,54)(H2,43,50,52,56)(H2,44,48,53,55)/t26-,27-,28-/m1/s1. The number of pyridine rings is 3. The molecule has 0 aliphatic rings. The zero-order valence-electron chi connectivity index (χ0n) is 33.7. The predicted octanol–water partition coefficient (Wildman–Crippen LogP) is 5.24. The van der Waals surface area contributed by atoms with Crippen molar-refractivity contribution in [3.8, 4) is 0 Å². The number of hydrogen-bond acceptors (Lipinski definition) is 18. The van der Waals surface area contributed by atoms with Gasteiger partial charge in [-0.15, -0.1) is 0 Å². The number of unbranched alkanes of at least 4 members (excludes halogenated alkanes) is 2. The zero-order chi connectivity index (χ0) is 41.7. The van der Waals surface area contributed by atoms with E-state index in [0.29, 0.717) is 99.8 Å². The second-order valence-corrected chi connectivity index (χ2v) is 15.0. The molecule has 19 heteroatoms. The molecule has 6 heterocycles. The van der Waals surface area contributed by atoms with Crippen LogP contribution in [0, 0.1) is 13.8 Å². The highest BCUT2D eigenvalue weighted by molar-refractivity contribution is 6.31. The molecule has 0 spiro atoms. The Morgan fingerprint density at radius 3 is 1.69 bits per heavy atom. The van der Waals surface area contributed by atoms with E-state index < -0.39 is 0 Å². The van der Waals surface area contributed by atoms with Gasteiger partial charge in [0.25, 0.3) is 0 Å². The number of nitrogens with one attached hydrogen (secondary N) is 5. The Morgan fingerprint density at radius 1 is 0.593 bits per heavy atom. The maximum absolute atomic E-state index is 10.4. The number of nitrogens with two attached hydrogens (primary N) is 1. The third-order valence-electron chi connectivity index (χ3n) is 9.75. The van der Waals surface area contributed by atoms with Crippen LogP contribution >= 0.6 is 11.6 Å². The predicted molar refractivity (Wildman–Crippen MR) is 234 cm³/mol. The average Bonchev–Trinajstić information content (AvgIpc) is 3.22. The summed E-state index contributed by atoms with van der Waals surface area (Å²) in [5, 5.41) is 47.7. The summed E-state index contributed by atoms with van der Waals surface area (Å²) in [6.45, 7) is 6.79. The van der Waals surface area contributed by atoms with E-state index in [9.17, 15) is 15.3 Å². The molecule has 3 atom stereocenters. The molecule has 6 aromatic heterocycles. The molecule has 0 saturated carbocycles. The van der Waals surface area contributed by atoms with E-state index in [2.05, 4.69) is 58.4 Å². The second kappa shape index (κ2) is 20.9. The lowest BCUT2D eigenvalue weighted by atomic mass is 10.1. The number of rotatable bonds is 23. The highest BCUT2D eigenvalue weighted by Gasteiger charge is 2.18. The number of aryl methyl sites for hydroxylation is 2. The molecular formula is C40H54ClN15O3. The Morgan fingerprint density at radius 2 is 1.10 bits per heavy atom. The van der Waals surface area contributed by atoms with Gasteiger partial charge in [0, 0.05) is 30.7 Å². The van der Waals surface area contributed by atoms with Gasteiger partial charge >= 0.3 is 0 Å². The van der Waals surface area contributed by atoms with Crippen molar-refractivity contribution in [3.63, 3.8) is 0 Å². The summed E-state index contributed by atoms with van der Waals surface area (Å²) in [4.78, 5) is 41.2. The fourth-order valence-corrected chi connectivity index (χ4v) is 6.77. The van der Waals surface area contributed by atoms with Gasteiger partial charge in [-0.1, -0.05) is 31.4 Å². The highest BCUT2D eigenvalue weighted by Crippen LogP contribution is 2.26. The van der Waals surface area contributed by atoms with Crippen LogP contribution in [0.25, 0.3) is 33.1 Å². The minimum atomic E-state index is -0.323. The minimum Gasteiger partial charge on any atom is -0.394 e. The molecule has 0 unspecified atom stereocenters. The molecule has 314 valence electrons. The van der Waals surface area contributed by atoms with Crippen LogP contribution in [0.3, 0.4) is 0 Å². The molecule has 0 aliphatic heterocycles. The Kier molecular flexibility index (Phi) is 15.3. The first-order valence-electron chi connectivity index (χ1n) is 20.2. The van der Waals surface area contributed by atoms with Crippen molar-refractivity contribution < 1.29 is 15.3 Å². The van der Waals surface area contributed by atoms with Crippen LogP contribution in [0.2, 0.25) is 5.02 Å². The molecule has 18 nitrogen and oxygen atoms in total. The molecule has 10 N–H and O–H groups in total. The molecular weight excluding hydrogens is 774 g/mol. The maximum Gasteiger partial charge on any atom is 0.225 e. The Bertz CT molecular complexity index is 2320. The van der Waals surface area contributed by atoms with E-state index in [1.54, 1.807) is 12.3 Å². The first kappa shape index (κ1) is 43.0. The summed E-state index contributed by atoms with van der Waals surface area (Å²) in [5.74, 6) is 2.53. The van der Waals surface area contributed by atoms with Crippen LogP contribution in [0.5, 0.6) is 0 Å². The van der Waals surface area contributed by atoms with Crippen LogP contribution in [-0.2, 0) is 0 Å². The van der Waals surface area contributed by atoms with Gasteiger partial charge in [0.1, 0.15) is 16.6 Å². The summed E-state index contributed by atoms with van der Waals surface area (Å²) in [6, 6.07) is 8.53. The van der Waals surface area contributed by atoms with Gasteiger partial charge in [-0.2, -0.15) is 15.0 Å². The van der Waals surface area contributed by atoms with Crippen molar-refractivity contribution in [1.29, 1.82) is 0 Å². The molecule has 0 aromatic carbocycles. The minimum absolute atomic E-state index is 0.0329. The first-order chi connectivity index (χ1) is 28.7. The number of fused-ring (bicyclic) bond motifs is 3. The Balaban J connectivity index is 1.04. The van der Waals surface area contributed by atoms with Crippen LogP contribution in [-0.4, -0.2) is 111 Å². The third-order valence-corrected chi connectivity index (χ3v) is 9.95. The second-order valence-electron chi connectivity index (χ2n) is 14.6. The molecule has 0 saturated heterocycles. The van der Waals surface area contributed by atoms with Gasteiger partial charge < -0.3 is 47.6 Å². The lowest BCUT2D eigenvalue weighted by molar-refractivity contribution is 0.266. The number of aromatic nitrogens is 9. The number of hydrogen-bond donors (Lipinski definition) is 9. The molecule has 0 aliphatic carbocycles. The summed E-state index contributed by atoms with van der Waals surface area (Å²) < 4.78 is 0. The maximum atomic E-state index is 10.4. The molecule has 0 radical (unpaired) electrons. The normalized spacial score (nSPS) is 13.1.